The quantitative estimate of drug-likeness (QED) is 0.369. The van der Waals surface area contributed by atoms with E-state index in [2.05, 4.69) is 15.2 Å². The first kappa shape index (κ1) is 20.1. The number of fused-ring (bicyclic) bond motifs is 1. The molecule has 0 bridgehead atoms. The van der Waals surface area contributed by atoms with Crippen molar-refractivity contribution in [1.29, 1.82) is 0 Å². The van der Waals surface area contributed by atoms with Crippen LogP contribution in [0, 0.1) is 12.7 Å². The van der Waals surface area contributed by atoms with E-state index in [0.29, 0.717) is 28.1 Å². The third-order valence-corrected chi connectivity index (χ3v) is 5.94. The van der Waals surface area contributed by atoms with Crippen LogP contribution in [0.1, 0.15) is 11.3 Å². The van der Waals surface area contributed by atoms with Gasteiger partial charge < -0.3 is 0 Å². The monoisotopic (exact) mass is 443 g/mol. The highest BCUT2D eigenvalue weighted by Crippen LogP contribution is 2.29. The number of halogens is 1. The lowest BCUT2D eigenvalue weighted by molar-refractivity contribution is 0.627. The first-order chi connectivity index (χ1) is 15.6. The molecule has 0 aliphatic rings. The molecule has 8 heteroatoms. The maximum atomic E-state index is 13.5. The maximum absolute atomic E-state index is 13.5. The molecular weight excluding hydrogens is 425 g/mol. The van der Waals surface area contributed by atoms with Gasteiger partial charge in [0.1, 0.15) is 11.5 Å². The number of aryl methyl sites for hydroxylation is 1. The summed E-state index contributed by atoms with van der Waals surface area (Å²) >= 11 is 1.42. The van der Waals surface area contributed by atoms with Gasteiger partial charge in [0.15, 0.2) is 11.0 Å². The Hall–Kier alpha value is -3.78. The fraction of sp³-hybridized carbons (Fsp3) is 0.0833. The number of thioether (sulfide) groups is 1. The van der Waals surface area contributed by atoms with Gasteiger partial charge in [-0.05, 0) is 48.9 Å². The van der Waals surface area contributed by atoms with Crippen molar-refractivity contribution < 1.29 is 4.39 Å². The highest BCUT2D eigenvalue weighted by atomic mass is 32.2. The zero-order chi connectivity index (χ0) is 22.1. The Morgan fingerprint density at radius 3 is 2.53 bits per heavy atom. The van der Waals surface area contributed by atoms with E-state index in [1.165, 1.54) is 34.4 Å². The van der Waals surface area contributed by atoms with Gasteiger partial charge in [0.05, 0.1) is 5.69 Å². The molecule has 6 nitrogen and oxygen atoms in total. The van der Waals surface area contributed by atoms with Crippen LogP contribution in [0.15, 0.2) is 88.9 Å². The van der Waals surface area contributed by atoms with Crippen LogP contribution < -0.4 is 5.56 Å². The lowest BCUT2D eigenvalue weighted by Gasteiger charge is -2.10. The minimum atomic E-state index is -0.312. The Bertz CT molecular complexity index is 1460. The van der Waals surface area contributed by atoms with Gasteiger partial charge in [-0.25, -0.2) is 9.37 Å². The van der Waals surface area contributed by atoms with Gasteiger partial charge in [0, 0.05) is 29.3 Å². The molecule has 32 heavy (non-hydrogen) atoms. The Morgan fingerprint density at radius 1 is 0.969 bits per heavy atom. The summed E-state index contributed by atoms with van der Waals surface area (Å²) in [6, 6.07) is 21.2. The van der Waals surface area contributed by atoms with Crippen molar-refractivity contribution in [1.82, 2.24) is 24.1 Å². The molecular formula is C24H18FN5OS. The third-order valence-electron chi connectivity index (χ3n) is 4.98. The summed E-state index contributed by atoms with van der Waals surface area (Å²) in [4.78, 5) is 17.1. The van der Waals surface area contributed by atoms with E-state index in [-0.39, 0.29) is 11.4 Å². The van der Waals surface area contributed by atoms with Crippen LogP contribution in [-0.4, -0.2) is 24.1 Å². The number of pyridine rings is 1. The molecule has 2 aromatic carbocycles. The molecule has 0 aliphatic heterocycles. The number of rotatable bonds is 5. The summed E-state index contributed by atoms with van der Waals surface area (Å²) in [6.45, 7) is 1.96. The zero-order valence-corrected chi connectivity index (χ0v) is 18.0. The van der Waals surface area contributed by atoms with E-state index in [1.54, 1.807) is 18.3 Å². The van der Waals surface area contributed by atoms with Gasteiger partial charge in [-0.2, -0.15) is 0 Å². The number of hydrogen-bond donors (Lipinski definition) is 0. The Balaban J connectivity index is 1.53. The zero-order valence-electron chi connectivity index (χ0n) is 17.1. The standard InChI is InChI=1S/C24H18FN5OS/c1-16-11-12-29-21(13-16)26-19(14-22(29)31)15-32-24-28-27-23(17-5-3-2-4-6-17)30(24)20-9-7-18(25)8-10-20/h2-14H,15H2,1H3. The van der Waals surface area contributed by atoms with Crippen LogP contribution in [0.4, 0.5) is 4.39 Å². The predicted octanol–water partition coefficient (Wildman–Crippen LogP) is 4.68. The van der Waals surface area contributed by atoms with E-state index in [4.69, 9.17) is 0 Å². The van der Waals surface area contributed by atoms with Crippen molar-refractivity contribution in [2.45, 2.75) is 17.8 Å². The lowest BCUT2D eigenvalue weighted by Crippen LogP contribution is -2.15. The van der Waals surface area contributed by atoms with Crippen LogP contribution >= 0.6 is 11.8 Å². The van der Waals surface area contributed by atoms with Crippen LogP contribution in [0.2, 0.25) is 0 Å². The molecule has 0 N–H and O–H groups in total. The van der Waals surface area contributed by atoms with Gasteiger partial charge >= 0.3 is 0 Å². The van der Waals surface area contributed by atoms with Gasteiger partial charge in [-0.3, -0.25) is 13.8 Å². The van der Waals surface area contributed by atoms with Crippen LogP contribution in [0.25, 0.3) is 22.7 Å². The first-order valence-corrected chi connectivity index (χ1v) is 11.0. The second-order valence-electron chi connectivity index (χ2n) is 7.29. The molecule has 3 aromatic heterocycles. The molecule has 0 fully saturated rings. The topological polar surface area (TPSA) is 65.1 Å². The normalized spacial score (nSPS) is 11.2. The second kappa shape index (κ2) is 8.39. The molecule has 158 valence electrons. The molecule has 0 aliphatic carbocycles. The number of aromatic nitrogens is 5. The van der Waals surface area contributed by atoms with Gasteiger partial charge in [0.25, 0.3) is 5.56 Å². The first-order valence-electron chi connectivity index (χ1n) is 9.97. The predicted molar refractivity (Wildman–Crippen MR) is 123 cm³/mol. The highest BCUT2D eigenvalue weighted by molar-refractivity contribution is 7.98. The maximum Gasteiger partial charge on any atom is 0.258 e. The van der Waals surface area contributed by atoms with Crippen molar-refractivity contribution in [2.24, 2.45) is 0 Å². The average Bonchev–Trinajstić information content (AvgIpc) is 3.22. The van der Waals surface area contributed by atoms with Crippen LogP contribution in [0.3, 0.4) is 0 Å². The fourth-order valence-electron chi connectivity index (χ4n) is 3.43. The molecule has 0 unspecified atom stereocenters. The molecule has 0 saturated carbocycles. The van der Waals surface area contributed by atoms with Gasteiger partial charge in [0.2, 0.25) is 0 Å². The minimum absolute atomic E-state index is 0.129. The summed E-state index contributed by atoms with van der Waals surface area (Å²) in [6.07, 6.45) is 1.73. The van der Waals surface area contributed by atoms with Crippen molar-refractivity contribution >= 4 is 17.4 Å². The summed E-state index contributed by atoms with van der Waals surface area (Å²) in [5, 5.41) is 9.39. The Labute approximate surface area is 187 Å². The van der Waals surface area contributed by atoms with E-state index >= 15 is 0 Å². The molecule has 0 amide bonds. The van der Waals surface area contributed by atoms with Crippen LogP contribution in [0.5, 0.6) is 0 Å². The van der Waals surface area contributed by atoms with Gasteiger partial charge in [-0.15, -0.1) is 10.2 Å². The summed E-state index contributed by atoms with van der Waals surface area (Å²) in [7, 11) is 0. The van der Waals surface area contributed by atoms with Crippen molar-refractivity contribution in [3.05, 3.63) is 106 Å². The molecule has 5 rings (SSSR count). The lowest BCUT2D eigenvalue weighted by atomic mass is 10.2. The van der Waals surface area contributed by atoms with Crippen molar-refractivity contribution in [2.75, 3.05) is 0 Å². The summed E-state index contributed by atoms with van der Waals surface area (Å²) < 4.78 is 16.9. The minimum Gasteiger partial charge on any atom is -0.270 e. The number of benzene rings is 2. The van der Waals surface area contributed by atoms with Crippen LogP contribution in [-0.2, 0) is 5.75 Å². The largest absolute Gasteiger partial charge is 0.270 e. The fourth-order valence-corrected chi connectivity index (χ4v) is 4.27. The summed E-state index contributed by atoms with van der Waals surface area (Å²) in [5.74, 6) is 0.781. The smallest absolute Gasteiger partial charge is 0.258 e. The van der Waals surface area contributed by atoms with E-state index in [0.717, 1.165) is 16.8 Å². The molecule has 3 heterocycles. The number of hydrogen-bond acceptors (Lipinski definition) is 5. The van der Waals surface area contributed by atoms with Crippen molar-refractivity contribution in [3.63, 3.8) is 0 Å². The molecule has 0 spiro atoms. The van der Waals surface area contributed by atoms with Crippen molar-refractivity contribution in [3.8, 4) is 17.1 Å². The molecule has 5 aromatic rings. The molecule has 0 atom stereocenters. The average molecular weight is 444 g/mol. The Morgan fingerprint density at radius 2 is 1.75 bits per heavy atom. The van der Waals surface area contributed by atoms with E-state index < -0.39 is 0 Å². The highest BCUT2D eigenvalue weighted by Gasteiger charge is 2.17. The molecule has 0 saturated heterocycles. The summed E-state index contributed by atoms with van der Waals surface area (Å²) in [5.41, 5.74) is 3.81. The molecule has 0 radical (unpaired) electrons. The van der Waals surface area contributed by atoms with Gasteiger partial charge in [-0.1, -0.05) is 42.1 Å². The van der Waals surface area contributed by atoms with E-state index in [9.17, 15) is 9.18 Å². The number of nitrogens with zero attached hydrogens (tertiary/aromatic N) is 5. The van der Waals surface area contributed by atoms with E-state index in [1.807, 2.05) is 54.0 Å². The SMILES string of the molecule is Cc1ccn2c(=O)cc(CSc3nnc(-c4ccccc4)n3-c3ccc(F)cc3)nc2c1. The third kappa shape index (κ3) is 3.92. The Kier molecular flexibility index (Phi) is 5.28. The second-order valence-corrected chi connectivity index (χ2v) is 8.23.